The van der Waals surface area contributed by atoms with E-state index in [1.165, 1.54) is 19.2 Å². The smallest absolute Gasteiger partial charge is 0.411 e. The molecule has 1 aromatic rings. The zero-order valence-electron chi connectivity index (χ0n) is 17.2. The largest absolute Gasteiger partial charge is 0.465 e. The lowest BCUT2D eigenvalue weighted by molar-refractivity contribution is -0.179. The van der Waals surface area contributed by atoms with Crippen LogP contribution in [0, 0.1) is 13.8 Å². The Hall–Kier alpha value is -1.82. The Morgan fingerprint density at radius 2 is 1.70 bits per heavy atom. The van der Waals surface area contributed by atoms with Gasteiger partial charge in [-0.25, -0.2) is 13.2 Å². The zero-order chi connectivity index (χ0) is 22.3. The molecule has 30 heavy (non-hydrogen) atoms. The van der Waals surface area contributed by atoms with Crippen LogP contribution in [-0.4, -0.2) is 68.3 Å². The van der Waals surface area contributed by atoms with Gasteiger partial charge in [-0.15, -0.1) is 0 Å². The predicted octanol–water partition coefficient (Wildman–Crippen LogP) is 2.72. The summed E-state index contributed by atoms with van der Waals surface area (Å²) in [5.41, 5.74) is 1.31. The molecule has 1 N–H and O–H groups in total. The first-order valence-corrected chi connectivity index (χ1v) is 11.0. The number of ether oxygens (including phenoxy) is 2. The van der Waals surface area contributed by atoms with Crippen molar-refractivity contribution in [1.29, 1.82) is 0 Å². The number of piperidine rings is 1. The second-order valence-corrected chi connectivity index (χ2v) is 9.79. The molecule has 1 spiro atoms. The van der Waals surface area contributed by atoms with Crippen molar-refractivity contribution in [1.82, 2.24) is 4.31 Å². The van der Waals surface area contributed by atoms with Crippen molar-refractivity contribution in [3.05, 3.63) is 28.8 Å². The molecule has 2 aliphatic rings. The third-order valence-electron chi connectivity index (χ3n) is 5.75. The van der Waals surface area contributed by atoms with Crippen molar-refractivity contribution in [3.8, 4) is 0 Å². The first-order valence-electron chi connectivity index (χ1n) is 9.61. The summed E-state index contributed by atoms with van der Waals surface area (Å²) in [5, 5.41) is 5.09. The second kappa shape index (κ2) is 8.03. The van der Waals surface area contributed by atoms with Crippen LogP contribution in [0.5, 0.6) is 0 Å². The molecule has 0 aromatic heterocycles. The normalized spacial score (nSPS) is 19.9. The van der Waals surface area contributed by atoms with E-state index in [0.29, 0.717) is 30.0 Å². The number of halogens is 2. The average molecular weight is 448 g/mol. The molecule has 0 unspecified atom stereocenters. The van der Waals surface area contributed by atoms with Gasteiger partial charge in [0, 0.05) is 38.7 Å². The number of hydrogen-bond acceptors (Lipinski definition) is 5. The van der Waals surface area contributed by atoms with E-state index in [1.807, 2.05) is 0 Å². The summed E-state index contributed by atoms with van der Waals surface area (Å²) in [6, 6.07) is 2.91. The van der Waals surface area contributed by atoms with Crippen LogP contribution < -0.4 is 4.90 Å². The number of hydrogen-bond donors (Lipinski definition) is 1. The van der Waals surface area contributed by atoms with E-state index in [1.54, 1.807) is 13.8 Å². The Bertz CT molecular complexity index is 898. The number of carboxylic acid groups (broad SMARTS) is 1. The lowest BCUT2D eigenvalue weighted by atomic mass is 9.99. The number of sulfonamides is 1. The van der Waals surface area contributed by atoms with Crippen LogP contribution in [0.2, 0.25) is 0 Å². The molecule has 2 saturated heterocycles. The molecule has 0 saturated carbocycles. The molecule has 0 atom stereocenters. The van der Waals surface area contributed by atoms with Crippen LogP contribution in [0.1, 0.15) is 29.5 Å². The van der Waals surface area contributed by atoms with Gasteiger partial charge in [0.1, 0.15) is 0 Å². The van der Waals surface area contributed by atoms with Crippen molar-refractivity contribution in [2.24, 2.45) is 0 Å². The van der Waals surface area contributed by atoms with E-state index < -0.39 is 33.6 Å². The molecule has 0 aliphatic carbocycles. The van der Waals surface area contributed by atoms with E-state index in [2.05, 4.69) is 0 Å². The van der Waals surface area contributed by atoms with E-state index in [0.717, 1.165) is 9.21 Å². The van der Waals surface area contributed by atoms with E-state index in [9.17, 15) is 22.0 Å². The fourth-order valence-electron chi connectivity index (χ4n) is 3.89. The maximum Gasteiger partial charge on any atom is 0.411 e. The number of anilines is 1. The van der Waals surface area contributed by atoms with Crippen molar-refractivity contribution in [2.75, 3.05) is 38.3 Å². The molecule has 0 radical (unpaired) electrons. The summed E-state index contributed by atoms with van der Waals surface area (Å²) in [6.45, 7) is 3.74. The molecular formula is C19H26F2N2O6S. The minimum absolute atomic E-state index is 0.0990. The lowest BCUT2D eigenvalue weighted by Gasteiger charge is -2.38. The second-order valence-electron chi connectivity index (χ2n) is 7.73. The average Bonchev–Trinajstić information content (AvgIpc) is 3.12. The van der Waals surface area contributed by atoms with Crippen molar-refractivity contribution < 1.29 is 36.6 Å². The predicted molar refractivity (Wildman–Crippen MR) is 105 cm³/mol. The zero-order valence-corrected chi connectivity index (χ0v) is 18.0. The maximum atomic E-state index is 15.0. The van der Waals surface area contributed by atoms with E-state index in [-0.39, 0.29) is 31.5 Å². The van der Waals surface area contributed by atoms with Gasteiger partial charge in [0.15, 0.2) is 5.79 Å². The molecule has 1 aromatic carbocycles. The molecule has 8 nitrogen and oxygen atoms in total. The molecule has 3 rings (SSSR count). The third kappa shape index (κ3) is 4.16. The van der Waals surface area contributed by atoms with Gasteiger partial charge in [-0.3, -0.25) is 4.90 Å². The summed E-state index contributed by atoms with van der Waals surface area (Å²) < 4.78 is 67.3. The molecule has 11 heteroatoms. The number of rotatable bonds is 5. The van der Waals surface area contributed by atoms with Crippen molar-refractivity contribution >= 4 is 21.8 Å². The first-order chi connectivity index (χ1) is 13.9. The summed E-state index contributed by atoms with van der Waals surface area (Å²) in [5.74, 6) is -0.861. The number of amides is 1. The number of carbonyl (C=O) groups is 1. The topological polar surface area (TPSA) is 96.4 Å². The quantitative estimate of drug-likeness (QED) is 0.744. The fourth-order valence-corrected chi connectivity index (χ4v) is 5.26. The minimum atomic E-state index is -4.90. The van der Waals surface area contributed by atoms with Crippen LogP contribution in [0.3, 0.4) is 0 Å². The van der Waals surface area contributed by atoms with Crippen LogP contribution in [0.15, 0.2) is 12.1 Å². The van der Waals surface area contributed by atoms with Crippen LogP contribution >= 0.6 is 0 Å². The van der Waals surface area contributed by atoms with E-state index in [4.69, 9.17) is 14.6 Å². The molecular weight excluding hydrogens is 422 g/mol. The minimum Gasteiger partial charge on any atom is -0.465 e. The number of nitrogens with zero attached hydrogens (tertiary/aromatic N) is 2. The van der Waals surface area contributed by atoms with Crippen molar-refractivity contribution in [3.63, 3.8) is 0 Å². The summed E-state index contributed by atoms with van der Waals surface area (Å²) >= 11 is 0. The Labute approximate surface area is 174 Å². The number of alkyl halides is 2. The number of aryl methyl sites for hydroxylation is 2. The van der Waals surface area contributed by atoms with Gasteiger partial charge >= 0.3 is 11.3 Å². The molecule has 2 aliphatic heterocycles. The summed E-state index contributed by atoms with van der Waals surface area (Å²) in [7, 11) is -3.55. The van der Waals surface area contributed by atoms with Gasteiger partial charge in [0.2, 0.25) is 0 Å². The number of benzene rings is 1. The van der Waals surface area contributed by atoms with Gasteiger partial charge in [-0.2, -0.15) is 13.1 Å². The third-order valence-corrected chi connectivity index (χ3v) is 7.70. The molecule has 2 heterocycles. The summed E-state index contributed by atoms with van der Waals surface area (Å²) in [4.78, 5) is 12.1. The molecule has 1 amide bonds. The van der Waals surface area contributed by atoms with Crippen molar-refractivity contribution in [2.45, 2.75) is 44.2 Å². The summed E-state index contributed by atoms with van der Waals surface area (Å²) in [6.07, 6.45) is -1.76. The SMILES string of the molecule is Cc1cc(N(C)C(=O)O)cc(C)c1CC(F)(F)S(=O)(=O)N1CCC2(CC1)OCCO2. The monoisotopic (exact) mass is 448 g/mol. The fraction of sp³-hybridized carbons (Fsp3) is 0.632. The highest BCUT2D eigenvalue weighted by molar-refractivity contribution is 7.90. The maximum absolute atomic E-state index is 15.0. The Kier molecular flexibility index (Phi) is 6.11. The standard InChI is InChI=1S/C19H26F2N2O6S/c1-13-10-15(22(3)17(24)25)11-14(2)16(13)12-19(20,21)30(26,27)23-6-4-18(5-7-23)28-8-9-29-18/h10-11H,4-9,12H2,1-3H3,(H,24,25). The van der Waals surface area contributed by atoms with Gasteiger partial charge in [-0.1, -0.05) is 0 Å². The van der Waals surface area contributed by atoms with Gasteiger partial charge < -0.3 is 14.6 Å². The van der Waals surface area contributed by atoms with Crippen LogP contribution in [0.25, 0.3) is 0 Å². The lowest BCUT2D eigenvalue weighted by Crippen LogP contribution is -2.52. The molecule has 0 bridgehead atoms. The van der Waals surface area contributed by atoms with Gasteiger partial charge in [0.25, 0.3) is 10.0 Å². The van der Waals surface area contributed by atoms with E-state index >= 15 is 0 Å². The van der Waals surface area contributed by atoms with Crippen LogP contribution in [-0.2, 0) is 25.9 Å². The molecule has 168 valence electrons. The highest BCUT2D eigenvalue weighted by atomic mass is 32.2. The van der Waals surface area contributed by atoms with Gasteiger partial charge in [0.05, 0.1) is 19.6 Å². The van der Waals surface area contributed by atoms with Gasteiger partial charge in [-0.05, 0) is 42.7 Å². The highest BCUT2D eigenvalue weighted by Crippen LogP contribution is 2.37. The Morgan fingerprint density at radius 1 is 1.20 bits per heavy atom. The first kappa shape index (κ1) is 22.9. The Morgan fingerprint density at radius 3 is 2.17 bits per heavy atom. The Balaban J connectivity index is 1.79. The highest BCUT2D eigenvalue weighted by Gasteiger charge is 2.52. The van der Waals surface area contributed by atoms with Crippen LogP contribution in [0.4, 0.5) is 19.3 Å². The molecule has 2 fully saturated rings.